The van der Waals surface area contributed by atoms with Crippen molar-refractivity contribution in [3.8, 4) is 5.75 Å². The summed E-state index contributed by atoms with van der Waals surface area (Å²) in [5.74, 6) is 2.96. The first-order valence-electron chi connectivity index (χ1n) is 10.1. The molecule has 28 heavy (non-hydrogen) atoms. The number of hydrogen-bond acceptors (Lipinski definition) is 5. The molecule has 0 bridgehead atoms. The zero-order valence-corrected chi connectivity index (χ0v) is 16.0. The van der Waals surface area contributed by atoms with Crippen molar-refractivity contribution in [2.45, 2.75) is 51.0 Å². The lowest BCUT2D eigenvalue weighted by Gasteiger charge is -2.32. The predicted molar refractivity (Wildman–Crippen MR) is 103 cm³/mol. The summed E-state index contributed by atoms with van der Waals surface area (Å²) in [6, 6.07) is 6.78. The number of ether oxygens (including phenoxy) is 1. The van der Waals surface area contributed by atoms with Crippen molar-refractivity contribution >= 4 is 12.2 Å². The van der Waals surface area contributed by atoms with Crippen LogP contribution in [-0.4, -0.2) is 51.6 Å². The topological polar surface area (TPSA) is 77.3 Å². The van der Waals surface area contributed by atoms with Gasteiger partial charge in [0.2, 0.25) is 0 Å². The van der Waals surface area contributed by atoms with E-state index in [0.717, 1.165) is 50.3 Å². The number of hydrogen-bond donors (Lipinski definition) is 0. The van der Waals surface area contributed by atoms with Crippen LogP contribution in [0.15, 0.2) is 24.3 Å². The SMILES string of the molecule is O=Cc1ccc(OCC(=O)N2CCCC(c3nnc4n3CCCCC4)C2)cc1. The Balaban J connectivity index is 1.37. The molecule has 2 aromatic rings. The van der Waals surface area contributed by atoms with Gasteiger partial charge in [-0.3, -0.25) is 9.59 Å². The van der Waals surface area contributed by atoms with Crippen LogP contribution < -0.4 is 4.74 Å². The zero-order valence-electron chi connectivity index (χ0n) is 16.0. The molecule has 1 atom stereocenters. The Labute approximate surface area is 164 Å². The molecule has 0 radical (unpaired) electrons. The number of fused-ring (bicyclic) bond motifs is 1. The quantitative estimate of drug-likeness (QED) is 0.743. The highest BCUT2D eigenvalue weighted by Crippen LogP contribution is 2.28. The van der Waals surface area contributed by atoms with Crippen LogP contribution in [0.4, 0.5) is 0 Å². The van der Waals surface area contributed by atoms with Gasteiger partial charge in [0.1, 0.15) is 23.7 Å². The fourth-order valence-electron chi connectivity index (χ4n) is 4.10. The third-order valence-corrected chi connectivity index (χ3v) is 5.66. The van der Waals surface area contributed by atoms with Crippen LogP contribution in [0.2, 0.25) is 0 Å². The molecule has 7 heteroatoms. The number of carbonyl (C=O) groups is 2. The van der Waals surface area contributed by atoms with Crippen LogP contribution in [0.5, 0.6) is 5.75 Å². The highest BCUT2D eigenvalue weighted by molar-refractivity contribution is 5.78. The van der Waals surface area contributed by atoms with Crippen molar-refractivity contribution in [3.05, 3.63) is 41.5 Å². The molecular formula is C21H26N4O3. The standard InChI is InChI=1S/C21H26N4O3/c26-14-16-7-9-18(10-8-16)28-15-20(27)24-11-4-5-17(13-24)21-23-22-19-6-2-1-3-12-25(19)21/h7-10,14,17H,1-6,11-13,15H2. The molecule has 2 aliphatic rings. The van der Waals surface area contributed by atoms with E-state index in [0.29, 0.717) is 17.9 Å². The molecule has 1 aromatic heterocycles. The number of rotatable bonds is 5. The summed E-state index contributed by atoms with van der Waals surface area (Å²) in [7, 11) is 0. The van der Waals surface area contributed by atoms with E-state index in [-0.39, 0.29) is 18.4 Å². The molecule has 1 aromatic carbocycles. The maximum atomic E-state index is 12.7. The van der Waals surface area contributed by atoms with Gasteiger partial charge < -0.3 is 14.2 Å². The Bertz CT molecular complexity index is 831. The van der Waals surface area contributed by atoms with Gasteiger partial charge in [-0.2, -0.15) is 0 Å². The average molecular weight is 382 g/mol. The zero-order chi connectivity index (χ0) is 19.3. The Morgan fingerprint density at radius 1 is 1.11 bits per heavy atom. The monoisotopic (exact) mass is 382 g/mol. The van der Waals surface area contributed by atoms with Crippen LogP contribution in [0.3, 0.4) is 0 Å². The molecule has 1 saturated heterocycles. The van der Waals surface area contributed by atoms with Crippen LogP contribution >= 0.6 is 0 Å². The van der Waals surface area contributed by atoms with Crippen LogP contribution in [0, 0.1) is 0 Å². The number of carbonyl (C=O) groups excluding carboxylic acids is 2. The number of likely N-dealkylation sites (tertiary alicyclic amines) is 1. The number of amides is 1. The van der Waals surface area contributed by atoms with Gasteiger partial charge in [-0.25, -0.2) is 0 Å². The molecular weight excluding hydrogens is 356 g/mol. The highest BCUT2D eigenvalue weighted by Gasteiger charge is 2.29. The highest BCUT2D eigenvalue weighted by atomic mass is 16.5. The fraction of sp³-hybridized carbons (Fsp3) is 0.524. The van der Waals surface area contributed by atoms with Gasteiger partial charge in [0.25, 0.3) is 5.91 Å². The lowest BCUT2D eigenvalue weighted by atomic mass is 9.97. The minimum absolute atomic E-state index is 0.00506. The number of piperidine rings is 1. The van der Waals surface area contributed by atoms with Crippen molar-refractivity contribution in [3.63, 3.8) is 0 Å². The van der Waals surface area contributed by atoms with Crippen molar-refractivity contribution in [2.75, 3.05) is 19.7 Å². The average Bonchev–Trinajstić information content (AvgIpc) is 3.00. The summed E-state index contributed by atoms with van der Waals surface area (Å²) in [4.78, 5) is 25.3. The van der Waals surface area contributed by atoms with Gasteiger partial charge in [0.05, 0.1) is 0 Å². The Kier molecular flexibility index (Phi) is 5.69. The molecule has 1 unspecified atom stereocenters. The predicted octanol–water partition coefficient (Wildman–Crippen LogP) is 2.60. The third kappa shape index (κ3) is 4.08. The minimum Gasteiger partial charge on any atom is -0.484 e. The molecule has 1 fully saturated rings. The molecule has 3 heterocycles. The Hall–Kier alpha value is -2.70. The van der Waals surface area contributed by atoms with E-state index in [1.165, 1.54) is 19.3 Å². The van der Waals surface area contributed by atoms with Crippen molar-refractivity contribution in [1.29, 1.82) is 0 Å². The van der Waals surface area contributed by atoms with Gasteiger partial charge in [-0.15, -0.1) is 10.2 Å². The fourth-order valence-corrected chi connectivity index (χ4v) is 4.10. The van der Waals surface area contributed by atoms with Crippen LogP contribution in [-0.2, 0) is 17.8 Å². The van der Waals surface area contributed by atoms with Crippen molar-refractivity contribution in [1.82, 2.24) is 19.7 Å². The maximum absolute atomic E-state index is 12.7. The number of benzene rings is 1. The second-order valence-electron chi connectivity index (χ2n) is 7.59. The Morgan fingerprint density at radius 2 is 1.96 bits per heavy atom. The lowest BCUT2D eigenvalue weighted by Crippen LogP contribution is -2.42. The second-order valence-corrected chi connectivity index (χ2v) is 7.59. The van der Waals surface area contributed by atoms with Gasteiger partial charge >= 0.3 is 0 Å². The first-order valence-corrected chi connectivity index (χ1v) is 10.1. The first-order chi connectivity index (χ1) is 13.7. The molecule has 0 spiro atoms. The smallest absolute Gasteiger partial charge is 0.260 e. The van der Waals surface area contributed by atoms with Crippen LogP contribution in [0.1, 0.15) is 60.0 Å². The molecule has 0 N–H and O–H groups in total. The van der Waals surface area contributed by atoms with Gasteiger partial charge in [-0.05, 0) is 49.9 Å². The molecule has 2 aliphatic heterocycles. The van der Waals surface area contributed by atoms with Crippen molar-refractivity contribution in [2.24, 2.45) is 0 Å². The van der Waals surface area contributed by atoms with E-state index in [9.17, 15) is 9.59 Å². The number of aldehydes is 1. The van der Waals surface area contributed by atoms with E-state index in [4.69, 9.17) is 4.74 Å². The molecule has 148 valence electrons. The summed E-state index contributed by atoms with van der Waals surface area (Å²) < 4.78 is 7.90. The molecule has 1 amide bonds. The number of nitrogens with zero attached hydrogens (tertiary/aromatic N) is 4. The van der Waals surface area contributed by atoms with Gasteiger partial charge in [0.15, 0.2) is 6.61 Å². The molecule has 0 aliphatic carbocycles. The van der Waals surface area contributed by atoms with E-state index in [2.05, 4.69) is 14.8 Å². The van der Waals surface area contributed by atoms with E-state index in [1.54, 1.807) is 24.3 Å². The second kappa shape index (κ2) is 8.54. The summed E-state index contributed by atoms with van der Waals surface area (Å²) in [6.07, 6.45) is 7.38. The largest absolute Gasteiger partial charge is 0.484 e. The van der Waals surface area contributed by atoms with Gasteiger partial charge in [0, 0.05) is 37.5 Å². The summed E-state index contributed by atoms with van der Waals surface area (Å²) in [5, 5.41) is 8.89. The van der Waals surface area contributed by atoms with E-state index in [1.807, 2.05) is 4.90 Å². The summed E-state index contributed by atoms with van der Waals surface area (Å²) in [5.41, 5.74) is 0.588. The first kappa shape index (κ1) is 18.7. The van der Waals surface area contributed by atoms with E-state index < -0.39 is 0 Å². The lowest BCUT2D eigenvalue weighted by molar-refractivity contribution is -0.134. The van der Waals surface area contributed by atoms with Gasteiger partial charge in [-0.1, -0.05) is 6.42 Å². The maximum Gasteiger partial charge on any atom is 0.260 e. The number of aromatic nitrogens is 3. The summed E-state index contributed by atoms with van der Waals surface area (Å²) in [6.45, 7) is 2.42. The minimum atomic E-state index is -0.0141. The Morgan fingerprint density at radius 3 is 2.79 bits per heavy atom. The number of aryl methyl sites for hydroxylation is 1. The molecule has 0 saturated carbocycles. The van der Waals surface area contributed by atoms with Crippen LogP contribution in [0.25, 0.3) is 0 Å². The van der Waals surface area contributed by atoms with E-state index >= 15 is 0 Å². The molecule has 4 rings (SSSR count). The summed E-state index contributed by atoms with van der Waals surface area (Å²) >= 11 is 0. The van der Waals surface area contributed by atoms with Crippen molar-refractivity contribution < 1.29 is 14.3 Å². The third-order valence-electron chi connectivity index (χ3n) is 5.66. The normalized spacial score (nSPS) is 19.6. The molecule has 7 nitrogen and oxygen atoms in total.